The number of aliphatic hydroxyl groups is 1. The lowest BCUT2D eigenvalue weighted by atomic mass is 10.1. The van der Waals surface area contributed by atoms with Crippen LogP contribution >= 0.6 is 0 Å². The van der Waals surface area contributed by atoms with Gasteiger partial charge in [-0.25, -0.2) is 15.0 Å². The van der Waals surface area contributed by atoms with Crippen LogP contribution in [0, 0.1) is 0 Å². The molecule has 0 unspecified atom stereocenters. The molecule has 0 saturated carbocycles. The van der Waals surface area contributed by atoms with Crippen molar-refractivity contribution in [3.63, 3.8) is 0 Å². The van der Waals surface area contributed by atoms with Crippen molar-refractivity contribution in [3.05, 3.63) is 36.3 Å². The molecule has 1 aromatic carbocycles. The molecule has 10 nitrogen and oxygen atoms in total. The van der Waals surface area contributed by atoms with E-state index >= 15 is 0 Å². The second-order valence-corrected chi connectivity index (χ2v) is 8.18. The number of benzene rings is 1. The van der Waals surface area contributed by atoms with Crippen LogP contribution in [0.3, 0.4) is 0 Å². The van der Waals surface area contributed by atoms with Crippen molar-refractivity contribution in [3.8, 4) is 28.4 Å². The first-order chi connectivity index (χ1) is 16.6. The maximum absolute atomic E-state index is 9.57. The summed E-state index contributed by atoms with van der Waals surface area (Å²) in [6, 6.07) is 7.87. The fourth-order valence-electron chi connectivity index (χ4n) is 4.39. The van der Waals surface area contributed by atoms with Gasteiger partial charge in [-0.05, 0) is 31.2 Å². The van der Waals surface area contributed by atoms with Gasteiger partial charge in [-0.3, -0.25) is 4.68 Å². The Bertz CT molecular complexity index is 1310. The summed E-state index contributed by atoms with van der Waals surface area (Å²) in [5, 5.41) is 14.1. The van der Waals surface area contributed by atoms with E-state index in [0.717, 1.165) is 58.5 Å². The minimum absolute atomic E-state index is 0.0302. The van der Waals surface area contributed by atoms with E-state index in [4.69, 9.17) is 24.4 Å². The van der Waals surface area contributed by atoms with Crippen molar-refractivity contribution < 1.29 is 14.6 Å². The highest BCUT2D eigenvalue weighted by molar-refractivity contribution is 5.87. The molecular weight excluding hydrogens is 434 g/mol. The second-order valence-electron chi connectivity index (χ2n) is 8.18. The van der Waals surface area contributed by atoms with E-state index in [1.54, 1.807) is 11.8 Å². The first kappa shape index (κ1) is 22.3. The van der Waals surface area contributed by atoms with Crippen molar-refractivity contribution in [1.29, 1.82) is 0 Å². The number of nitrogens with zero attached hydrogens (tertiary/aromatic N) is 7. The Kier molecular flexibility index (Phi) is 6.16. The van der Waals surface area contributed by atoms with E-state index < -0.39 is 0 Å². The van der Waals surface area contributed by atoms with Gasteiger partial charge in [0.2, 0.25) is 0 Å². The first-order valence-electron chi connectivity index (χ1n) is 11.5. The highest BCUT2D eigenvalue weighted by atomic mass is 16.5. The number of imidazole rings is 1. The van der Waals surface area contributed by atoms with Crippen molar-refractivity contribution in [2.45, 2.75) is 19.9 Å². The maximum atomic E-state index is 9.57. The van der Waals surface area contributed by atoms with Crippen LogP contribution in [0.15, 0.2) is 30.5 Å². The SMILES string of the molecule is CCn1c(CCO)nc2c(N3CCOCC3)nc(-c3ccc(OC)c(-c4ccn(C)n4)c3)nc21. The Hall–Kier alpha value is -3.50. The number of rotatable bonds is 7. The van der Waals surface area contributed by atoms with Gasteiger partial charge in [0, 0.05) is 50.4 Å². The molecule has 1 aliphatic heterocycles. The third kappa shape index (κ3) is 3.99. The van der Waals surface area contributed by atoms with Crippen molar-refractivity contribution in [2.75, 3.05) is 44.9 Å². The lowest BCUT2D eigenvalue weighted by Crippen LogP contribution is -2.37. The molecule has 0 radical (unpaired) electrons. The predicted octanol–water partition coefficient (Wildman–Crippen LogP) is 2.29. The predicted molar refractivity (Wildman–Crippen MR) is 129 cm³/mol. The topological polar surface area (TPSA) is 103 Å². The minimum Gasteiger partial charge on any atom is -0.496 e. The van der Waals surface area contributed by atoms with Crippen LogP contribution in [0.25, 0.3) is 33.8 Å². The quantitative estimate of drug-likeness (QED) is 0.445. The summed E-state index contributed by atoms with van der Waals surface area (Å²) < 4.78 is 15.0. The molecule has 178 valence electrons. The van der Waals surface area contributed by atoms with Crippen molar-refractivity contribution >= 4 is 17.0 Å². The molecule has 0 bridgehead atoms. The molecule has 0 amide bonds. The average molecular weight is 464 g/mol. The molecule has 1 saturated heterocycles. The molecule has 0 atom stereocenters. The van der Waals surface area contributed by atoms with E-state index in [1.807, 2.05) is 37.5 Å². The molecule has 5 rings (SSSR count). The molecule has 1 fully saturated rings. The van der Waals surface area contributed by atoms with Crippen LogP contribution < -0.4 is 9.64 Å². The zero-order valence-electron chi connectivity index (χ0n) is 19.7. The Balaban J connectivity index is 1.70. The van der Waals surface area contributed by atoms with E-state index in [-0.39, 0.29) is 6.61 Å². The Labute approximate surface area is 197 Å². The molecule has 4 aromatic rings. The summed E-state index contributed by atoms with van der Waals surface area (Å²) in [5.74, 6) is 2.95. The smallest absolute Gasteiger partial charge is 0.166 e. The lowest BCUT2D eigenvalue weighted by molar-refractivity contribution is 0.122. The number of hydrogen-bond acceptors (Lipinski definition) is 8. The number of morpholine rings is 1. The molecule has 1 aliphatic rings. The Morgan fingerprint density at radius 3 is 2.62 bits per heavy atom. The number of aryl methyl sites for hydroxylation is 2. The molecule has 1 N–H and O–H groups in total. The van der Waals surface area contributed by atoms with Gasteiger partial charge in [0.1, 0.15) is 11.6 Å². The van der Waals surface area contributed by atoms with Crippen LogP contribution in [0.2, 0.25) is 0 Å². The summed E-state index contributed by atoms with van der Waals surface area (Å²) in [6.07, 6.45) is 2.37. The highest BCUT2D eigenvalue weighted by Crippen LogP contribution is 2.34. The molecule has 0 aliphatic carbocycles. The normalized spacial score (nSPS) is 14.2. The zero-order valence-corrected chi connectivity index (χ0v) is 19.7. The van der Waals surface area contributed by atoms with Crippen LogP contribution in [0.5, 0.6) is 5.75 Å². The Morgan fingerprint density at radius 1 is 1.12 bits per heavy atom. The van der Waals surface area contributed by atoms with Crippen molar-refractivity contribution in [2.24, 2.45) is 7.05 Å². The summed E-state index contributed by atoms with van der Waals surface area (Å²) in [6.45, 7) is 5.56. The van der Waals surface area contributed by atoms with Gasteiger partial charge < -0.3 is 24.0 Å². The molecule has 10 heteroatoms. The standard InChI is InChI=1S/C24H29N7O3/c1-4-31-20(8-12-32)25-21-23(30-10-13-34-14-11-30)26-22(27-24(21)31)16-5-6-19(33-3)17(15-16)18-7-9-29(2)28-18/h5-7,9,15,32H,4,8,10-14H2,1-3H3. The summed E-state index contributed by atoms with van der Waals surface area (Å²) in [5.41, 5.74) is 4.09. The molecule has 4 heterocycles. The van der Waals surface area contributed by atoms with Gasteiger partial charge in [0.05, 0.1) is 32.6 Å². The number of hydrogen-bond donors (Lipinski definition) is 1. The number of ether oxygens (including phenoxy) is 2. The van der Waals surface area contributed by atoms with Gasteiger partial charge in [0.25, 0.3) is 0 Å². The third-order valence-corrected chi connectivity index (χ3v) is 6.06. The molecule has 34 heavy (non-hydrogen) atoms. The second kappa shape index (κ2) is 9.40. The number of aromatic nitrogens is 6. The van der Waals surface area contributed by atoms with Gasteiger partial charge in [-0.15, -0.1) is 0 Å². The van der Waals surface area contributed by atoms with Gasteiger partial charge >= 0.3 is 0 Å². The molecule has 3 aromatic heterocycles. The third-order valence-electron chi connectivity index (χ3n) is 6.06. The monoisotopic (exact) mass is 463 g/mol. The van der Waals surface area contributed by atoms with Gasteiger partial charge in [-0.1, -0.05) is 0 Å². The van der Waals surface area contributed by atoms with E-state index in [2.05, 4.69) is 21.5 Å². The number of methoxy groups -OCH3 is 1. The summed E-state index contributed by atoms with van der Waals surface area (Å²) in [4.78, 5) is 17.0. The van der Waals surface area contributed by atoms with Gasteiger partial charge in [0.15, 0.2) is 22.8 Å². The highest BCUT2D eigenvalue weighted by Gasteiger charge is 2.23. The van der Waals surface area contributed by atoms with E-state index in [0.29, 0.717) is 32.0 Å². The number of fused-ring (bicyclic) bond motifs is 1. The first-order valence-corrected chi connectivity index (χ1v) is 11.5. The van der Waals surface area contributed by atoms with E-state index in [1.165, 1.54) is 0 Å². The summed E-state index contributed by atoms with van der Waals surface area (Å²) >= 11 is 0. The zero-order chi connectivity index (χ0) is 23.7. The van der Waals surface area contributed by atoms with Gasteiger partial charge in [-0.2, -0.15) is 5.10 Å². The van der Waals surface area contributed by atoms with E-state index in [9.17, 15) is 5.11 Å². The average Bonchev–Trinajstić information content (AvgIpc) is 3.46. The van der Waals surface area contributed by atoms with Crippen LogP contribution in [-0.4, -0.2) is 74.4 Å². The Morgan fingerprint density at radius 2 is 1.94 bits per heavy atom. The van der Waals surface area contributed by atoms with Crippen LogP contribution in [0.1, 0.15) is 12.7 Å². The van der Waals surface area contributed by atoms with Crippen LogP contribution in [0.4, 0.5) is 5.82 Å². The molecular formula is C24H29N7O3. The molecule has 0 spiro atoms. The maximum Gasteiger partial charge on any atom is 0.166 e. The number of aliphatic hydroxyl groups excluding tert-OH is 1. The van der Waals surface area contributed by atoms with Crippen molar-refractivity contribution in [1.82, 2.24) is 29.3 Å². The fourth-order valence-corrected chi connectivity index (χ4v) is 4.39. The largest absolute Gasteiger partial charge is 0.496 e. The number of anilines is 1. The lowest BCUT2D eigenvalue weighted by Gasteiger charge is -2.28. The fraction of sp³-hybridized carbons (Fsp3) is 0.417. The minimum atomic E-state index is 0.0302. The summed E-state index contributed by atoms with van der Waals surface area (Å²) in [7, 11) is 3.55. The van der Waals surface area contributed by atoms with Crippen LogP contribution in [-0.2, 0) is 24.8 Å².